The molecule has 1 fully saturated rings. The van der Waals surface area contributed by atoms with Crippen LogP contribution in [-0.2, 0) is 14.1 Å². The molecule has 22 heavy (non-hydrogen) atoms. The van der Waals surface area contributed by atoms with Gasteiger partial charge in [0.2, 0.25) is 0 Å². The van der Waals surface area contributed by atoms with Crippen molar-refractivity contribution >= 4 is 17.2 Å². The van der Waals surface area contributed by atoms with Gasteiger partial charge in [0.15, 0.2) is 5.56 Å². The second kappa shape index (κ2) is 5.46. The molecular weight excluding hydrogens is 300 g/mol. The number of hydrogen-bond donors (Lipinski definition) is 0. The van der Waals surface area contributed by atoms with Crippen LogP contribution in [0.1, 0.15) is 30.0 Å². The van der Waals surface area contributed by atoms with Gasteiger partial charge in [0.05, 0.1) is 6.04 Å². The van der Waals surface area contributed by atoms with E-state index in [-0.39, 0.29) is 11.6 Å². The molecule has 1 aliphatic rings. The van der Waals surface area contributed by atoms with Crippen molar-refractivity contribution in [3.8, 4) is 6.07 Å². The van der Waals surface area contributed by atoms with Gasteiger partial charge in [-0.25, -0.2) is 4.79 Å². The van der Waals surface area contributed by atoms with Crippen molar-refractivity contribution in [1.82, 2.24) is 9.13 Å². The van der Waals surface area contributed by atoms with Gasteiger partial charge in [0.25, 0.3) is 5.56 Å². The maximum atomic E-state index is 12.2. The number of nitriles is 1. The van der Waals surface area contributed by atoms with E-state index in [1.807, 2.05) is 16.3 Å². The van der Waals surface area contributed by atoms with Crippen molar-refractivity contribution < 1.29 is 0 Å². The van der Waals surface area contributed by atoms with Gasteiger partial charge in [-0.1, -0.05) is 0 Å². The van der Waals surface area contributed by atoms with E-state index in [9.17, 15) is 14.9 Å². The molecule has 6 nitrogen and oxygen atoms in total. The number of rotatable bonds is 2. The van der Waals surface area contributed by atoms with Crippen LogP contribution in [0.2, 0.25) is 0 Å². The number of nitrogens with zero attached hydrogens (tertiary/aromatic N) is 4. The van der Waals surface area contributed by atoms with Crippen LogP contribution in [0.3, 0.4) is 0 Å². The van der Waals surface area contributed by atoms with E-state index in [2.05, 4.69) is 11.4 Å². The van der Waals surface area contributed by atoms with Crippen LogP contribution in [0.25, 0.3) is 0 Å². The lowest BCUT2D eigenvalue weighted by atomic mass is 10.1. The van der Waals surface area contributed by atoms with E-state index < -0.39 is 11.2 Å². The van der Waals surface area contributed by atoms with Crippen molar-refractivity contribution in [2.75, 3.05) is 11.4 Å². The fraction of sp³-hybridized carbons (Fsp3) is 0.400. The van der Waals surface area contributed by atoms with Crippen LogP contribution in [0.15, 0.2) is 26.4 Å². The SMILES string of the molecule is Cn1c(N2CCC[C@H]2c2ccsc2)c(C#N)c(=O)n(C)c1=O. The molecule has 2 aromatic rings. The molecule has 0 N–H and O–H groups in total. The lowest BCUT2D eigenvalue weighted by molar-refractivity contribution is 0.639. The van der Waals surface area contributed by atoms with Crippen LogP contribution >= 0.6 is 11.3 Å². The van der Waals surface area contributed by atoms with E-state index in [0.717, 1.165) is 24.0 Å². The van der Waals surface area contributed by atoms with E-state index in [1.165, 1.54) is 17.2 Å². The Balaban J connectivity index is 2.22. The first-order chi connectivity index (χ1) is 10.6. The summed E-state index contributed by atoms with van der Waals surface area (Å²) in [6, 6.07) is 4.15. The predicted molar refractivity (Wildman–Crippen MR) is 85.3 cm³/mol. The summed E-state index contributed by atoms with van der Waals surface area (Å²) >= 11 is 1.62. The molecular formula is C15H16N4O2S. The fourth-order valence-corrected chi connectivity index (χ4v) is 3.81. The number of aromatic nitrogens is 2. The molecule has 0 unspecified atom stereocenters. The molecule has 0 aromatic carbocycles. The van der Waals surface area contributed by atoms with E-state index in [4.69, 9.17) is 0 Å². The van der Waals surface area contributed by atoms with Crippen molar-refractivity contribution in [1.29, 1.82) is 5.26 Å². The molecule has 0 aliphatic carbocycles. The van der Waals surface area contributed by atoms with Crippen molar-refractivity contribution in [3.63, 3.8) is 0 Å². The molecule has 3 rings (SSSR count). The minimum absolute atomic E-state index is 0.0340. The highest BCUT2D eigenvalue weighted by molar-refractivity contribution is 7.08. The molecule has 0 saturated carbocycles. The Labute approximate surface area is 131 Å². The number of thiophene rings is 1. The molecule has 1 saturated heterocycles. The maximum absolute atomic E-state index is 12.2. The first-order valence-corrected chi connectivity index (χ1v) is 7.99. The highest BCUT2D eigenvalue weighted by Gasteiger charge is 2.31. The Kier molecular flexibility index (Phi) is 3.62. The zero-order valence-corrected chi connectivity index (χ0v) is 13.3. The van der Waals surface area contributed by atoms with Crippen molar-refractivity contribution in [2.24, 2.45) is 14.1 Å². The van der Waals surface area contributed by atoms with Gasteiger partial charge in [-0.15, -0.1) is 0 Å². The molecule has 0 amide bonds. The van der Waals surface area contributed by atoms with Gasteiger partial charge in [0, 0.05) is 20.6 Å². The van der Waals surface area contributed by atoms with E-state index >= 15 is 0 Å². The quantitative estimate of drug-likeness (QED) is 0.839. The highest BCUT2D eigenvalue weighted by Crippen LogP contribution is 2.36. The summed E-state index contributed by atoms with van der Waals surface area (Å²) < 4.78 is 2.39. The highest BCUT2D eigenvalue weighted by atomic mass is 32.1. The van der Waals surface area contributed by atoms with Crippen LogP contribution < -0.4 is 16.1 Å². The van der Waals surface area contributed by atoms with Gasteiger partial charge in [-0.3, -0.25) is 13.9 Å². The Bertz CT molecular complexity index is 857. The third-order valence-electron chi connectivity index (χ3n) is 4.20. The summed E-state index contributed by atoms with van der Waals surface area (Å²) in [7, 11) is 3.01. The van der Waals surface area contributed by atoms with Gasteiger partial charge < -0.3 is 4.90 Å². The van der Waals surface area contributed by atoms with Gasteiger partial charge in [0.1, 0.15) is 11.9 Å². The molecule has 0 spiro atoms. The van der Waals surface area contributed by atoms with Crippen molar-refractivity contribution in [3.05, 3.63) is 48.8 Å². The first-order valence-electron chi connectivity index (χ1n) is 7.05. The topological polar surface area (TPSA) is 71.0 Å². The fourth-order valence-electron chi connectivity index (χ4n) is 3.10. The van der Waals surface area contributed by atoms with Crippen LogP contribution in [0.4, 0.5) is 5.82 Å². The summed E-state index contributed by atoms with van der Waals surface area (Å²) in [5.74, 6) is 0.435. The van der Waals surface area contributed by atoms with Crippen LogP contribution in [-0.4, -0.2) is 15.7 Å². The molecule has 1 aliphatic heterocycles. The Morgan fingerprint density at radius 2 is 2.09 bits per heavy atom. The first kappa shape index (κ1) is 14.6. The lowest BCUT2D eigenvalue weighted by Gasteiger charge is -2.28. The normalized spacial score (nSPS) is 17.7. The molecule has 0 bridgehead atoms. The minimum atomic E-state index is -0.531. The van der Waals surface area contributed by atoms with E-state index in [0.29, 0.717) is 5.82 Å². The standard InChI is InChI=1S/C15H16N4O2S/c1-17-13(11(8-16)14(20)18(2)15(17)21)19-6-3-4-12(19)10-5-7-22-9-10/h5,7,9,12H,3-4,6H2,1-2H3/t12-/m0/s1. The second-order valence-electron chi connectivity index (χ2n) is 5.42. The molecule has 2 aromatic heterocycles. The number of anilines is 1. The van der Waals surface area contributed by atoms with Gasteiger partial charge in [-0.2, -0.15) is 16.6 Å². The van der Waals surface area contributed by atoms with Crippen LogP contribution in [0, 0.1) is 11.3 Å². The smallest absolute Gasteiger partial charge is 0.332 e. The summed E-state index contributed by atoms with van der Waals surface area (Å²) in [5, 5.41) is 13.5. The summed E-state index contributed by atoms with van der Waals surface area (Å²) in [6.45, 7) is 0.732. The zero-order chi connectivity index (χ0) is 15.9. The lowest BCUT2D eigenvalue weighted by Crippen LogP contribution is -2.42. The third-order valence-corrected chi connectivity index (χ3v) is 4.90. The number of hydrogen-bond acceptors (Lipinski definition) is 5. The average molecular weight is 316 g/mol. The molecule has 0 radical (unpaired) electrons. The largest absolute Gasteiger partial charge is 0.350 e. The molecule has 114 valence electrons. The summed E-state index contributed by atoms with van der Waals surface area (Å²) in [5.41, 5.74) is 0.262. The summed E-state index contributed by atoms with van der Waals surface area (Å²) in [6.07, 6.45) is 1.92. The molecule has 7 heteroatoms. The van der Waals surface area contributed by atoms with Crippen molar-refractivity contribution in [2.45, 2.75) is 18.9 Å². The Morgan fingerprint density at radius 1 is 1.32 bits per heavy atom. The monoisotopic (exact) mass is 316 g/mol. The maximum Gasteiger partial charge on any atom is 0.332 e. The average Bonchev–Trinajstić information content (AvgIpc) is 3.18. The third kappa shape index (κ3) is 2.07. The van der Waals surface area contributed by atoms with Gasteiger partial charge >= 0.3 is 5.69 Å². The van der Waals surface area contributed by atoms with E-state index in [1.54, 1.807) is 18.4 Å². The van der Waals surface area contributed by atoms with Gasteiger partial charge in [-0.05, 0) is 35.2 Å². The molecule has 3 heterocycles. The second-order valence-corrected chi connectivity index (χ2v) is 6.20. The zero-order valence-electron chi connectivity index (χ0n) is 12.4. The predicted octanol–water partition coefficient (Wildman–Crippen LogP) is 1.36. The Morgan fingerprint density at radius 3 is 2.73 bits per heavy atom. The summed E-state index contributed by atoms with van der Waals surface area (Å²) in [4.78, 5) is 26.5. The minimum Gasteiger partial charge on any atom is -0.350 e. The van der Waals surface area contributed by atoms with Crippen LogP contribution in [0.5, 0.6) is 0 Å². The molecule has 1 atom stereocenters. The Hall–Kier alpha value is -2.33.